The predicted molar refractivity (Wildman–Crippen MR) is 58.3 cm³/mol. The number of fused-ring (bicyclic) bond motifs is 1. The van der Waals surface area contributed by atoms with Crippen molar-refractivity contribution in [2.45, 2.75) is 20.4 Å². The van der Waals surface area contributed by atoms with Crippen molar-refractivity contribution in [2.75, 3.05) is 7.05 Å². The van der Waals surface area contributed by atoms with Gasteiger partial charge in [0.25, 0.3) is 0 Å². The number of nitrogens with one attached hydrogen (secondary N) is 2. The molecule has 2 rings (SSSR count). The minimum atomic E-state index is 0.785. The van der Waals surface area contributed by atoms with Crippen LogP contribution in [0.4, 0.5) is 0 Å². The minimum absolute atomic E-state index is 0.785. The first-order valence-corrected chi connectivity index (χ1v) is 4.82. The van der Waals surface area contributed by atoms with Crippen LogP contribution in [0.1, 0.15) is 17.0 Å². The summed E-state index contributed by atoms with van der Waals surface area (Å²) in [6.45, 7) is 5.01. The van der Waals surface area contributed by atoms with Gasteiger partial charge in [0.1, 0.15) is 5.82 Å². The molecule has 0 aliphatic rings. The minimum Gasteiger partial charge on any atom is -0.341 e. The molecule has 0 aliphatic heterocycles. The molecule has 0 saturated heterocycles. The van der Waals surface area contributed by atoms with Gasteiger partial charge < -0.3 is 10.3 Å². The molecule has 1 heterocycles. The number of benzene rings is 1. The molecule has 0 bridgehead atoms. The number of aromatic nitrogens is 2. The van der Waals surface area contributed by atoms with E-state index in [-0.39, 0.29) is 0 Å². The van der Waals surface area contributed by atoms with E-state index >= 15 is 0 Å². The fourth-order valence-corrected chi connectivity index (χ4v) is 1.62. The first-order valence-electron chi connectivity index (χ1n) is 4.82. The van der Waals surface area contributed by atoms with E-state index in [0.29, 0.717) is 0 Å². The number of hydrogen-bond acceptors (Lipinski definition) is 2. The van der Waals surface area contributed by atoms with E-state index < -0.39 is 0 Å². The molecule has 0 radical (unpaired) electrons. The molecule has 3 nitrogen and oxygen atoms in total. The maximum absolute atomic E-state index is 4.54. The number of hydrogen-bond donors (Lipinski definition) is 2. The summed E-state index contributed by atoms with van der Waals surface area (Å²) in [7, 11) is 1.92. The topological polar surface area (TPSA) is 40.7 Å². The lowest BCUT2D eigenvalue weighted by molar-refractivity contribution is 0.775. The zero-order valence-corrected chi connectivity index (χ0v) is 8.81. The predicted octanol–water partition coefficient (Wildman–Crippen LogP) is 1.90. The fraction of sp³-hybridized carbons (Fsp3) is 0.364. The summed E-state index contributed by atoms with van der Waals surface area (Å²) in [5.41, 5.74) is 4.77. The molecule has 0 spiro atoms. The molecule has 1 aromatic heterocycles. The van der Waals surface area contributed by atoms with Crippen molar-refractivity contribution in [2.24, 2.45) is 0 Å². The molecule has 14 heavy (non-hydrogen) atoms. The van der Waals surface area contributed by atoms with Crippen molar-refractivity contribution in [3.05, 3.63) is 29.1 Å². The average molecular weight is 189 g/mol. The Morgan fingerprint density at radius 3 is 2.86 bits per heavy atom. The summed E-state index contributed by atoms with van der Waals surface area (Å²) in [4.78, 5) is 7.84. The van der Waals surface area contributed by atoms with Gasteiger partial charge in [0.2, 0.25) is 0 Å². The summed E-state index contributed by atoms with van der Waals surface area (Å²) in [6, 6.07) is 4.21. The van der Waals surface area contributed by atoms with Gasteiger partial charge >= 0.3 is 0 Å². The zero-order valence-electron chi connectivity index (χ0n) is 8.81. The van der Waals surface area contributed by atoms with Crippen molar-refractivity contribution < 1.29 is 0 Å². The van der Waals surface area contributed by atoms with Gasteiger partial charge in [-0.3, -0.25) is 0 Å². The van der Waals surface area contributed by atoms with Gasteiger partial charge in [-0.15, -0.1) is 0 Å². The van der Waals surface area contributed by atoms with Crippen LogP contribution >= 0.6 is 0 Å². The van der Waals surface area contributed by atoms with Crippen molar-refractivity contribution in [1.82, 2.24) is 15.3 Å². The summed E-state index contributed by atoms with van der Waals surface area (Å²) in [6.07, 6.45) is 0. The number of rotatable bonds is 2. The van der Waals surface area contributed by atoms with Gasteiger partial charge in [0, 0.05) is 0 Å². The van der Waals surface area contributed by atoms with Crippen LogP contribution < -0.4 is 5.32 Å². The molecule has 2 N–H and O–H groups in total. The fourth-order valence-electron chi connectivity index (χ4n) is 1.62. The van der Waals surface area contributed by atoms with Crippen LogP contribution in [0.15, 0.2) is 12.1 Å². The monoisotopic (exact) mass is 189 g/mol. The highest BCUT2D eigenvalue weighted by Crippen LogP contribution is 2.18. The molecule has 74 valence electrons. The average Bonchev–Trinajstić information content (AvgIpc) is 2.56. The Bertz CT molecular complexity index is 457. The van der Waals surface area contributed by atoms with E-state index in [1.807, 2.05) is 7.05 Å². The maximum Gasteiger partial charge on any atom is 0.121 e. The Hall–Kier alpha value is -1.35. The van der Waals surface area contributed by atoms with Crippen molar-refractivity contribution in [3.63, 3.8) is 0 Å². The SMILES string of the molecule is CNCc1nc2c(C)c(C)ccc2[nH]1. The lowest BCUT2D eigenvalue weighted by Crippen LogP contribution is -2.06. The van der Waals surface area contributed by atoms with Gasteiger partial charge in [-0.2, -0.15) is 0 Å². The number of imidazole rings is 1. The second-order valence-electron chi connectivity index (χ2n) is 3.62. The summed E-state index contributed by atoms with van der Waals surface area (Å²) in [5, 5.41) is 3.09. The maximum atomic E-state index is 4.54. The molecule has 0 atom stereocenters. The third-order valence-electron chi connectivity index (χ3n) is 2.57. The number of H-pyrrole nitrogens is 1. The Kier molecular flexibility index (Phi) is 2.25. The van der Waals surface area contributed by atoms with Crippen LogP contribution in [0.3, 0.4) is 0 Å². The normalized spacial score (nSPS) is 11.1. The highest BCUT2D eigenvalue weighted by molar-refractivity contribution is 5.79. The summed E-state index contributed by atoms with van der Waals surface area (Å²) < 4.78 is 0. The van der Waals surface area contributed by atoms with E-state index in [2.05, 4.69) is 41.3 Å². The lowest BCUT2D eigenvalue weighted by Gasteiger charge is -1.98. The molecule has 2 aromatic rings. The first kappa shape index (κ1) is 9.21. The van der Waals surface area contributed by atoms with Gasteiger partial charge in [0.05, 0.1) is 17.6 Å². The van der Waals surface area contributed by atoms with Gasteiger partial charge in [0.15, 0.2) is 0 Å². The third-order valence-corrected chi connectivity index (χ3v) is 2.57. The van der Waals surface area contributed by atoms with E-state index in [0.717, 1.165) is 23.4 Å². The van der Waals surface area contributed by atoms with E-state index in [4.69, 9.17) is 0 Å². The number of aromatic amines is 1. The number of aryl methyl sites for hydroxylation is 2. The largest absolute Gasteiger partial charge is 0.341 e. The van der Waals surface area contributed by atoms with Crippen LogP contribution in [-0.2, 0) is 6.54 Å². The van der Waals surface area contributed by atoms with Gasteiger partial charge in [-0.25, -0.2) is 4.98 Å². The first-order chi connectivity index (χ1) is 6.72. The van der Waals surface area contributed by atoms with E-state index in [9.17, 15) is 0 Å². The zero-order chi connectivity index (χ0) is 10.1. The standard InChI is InChI=1S/C11H15N3/c1-7-4-5-9-11(8(7)2)14-10(13-9)6-12-3/h4-5,12H,6H2,1-3H3,(H,13,14). The molecular weight excluding hydrogens is 174 g/mol. The lowest BCUT2D eigenvalue weighted by atomic mass is 10.1. The highest BCUT2D eigenvalue weighted by Gasteiger charge is 2.05. The summed E-state index contributed by atoms with van der Waals surface area (Å²) in [5.74, 6) is 0.996. The molecule has 1 aromatic carbocycles. The number of nitrogens with zero attached hydrogens (tertiary/aromatic N) is 1. The van der Waals surface area contributed by atoms with Crippen LogP contribution in [0.2, 0.25) is 0 Å². The Morgan fingerprint density at radius 1 is 1.36 bits per heavy atom. The smallest absolute Gasteiger partial charge is 0.121 e. The van der Waals surface area contributed by atoms with Crippen LogP contribution in [0.25, 0.3) is 11.0 Å². The van der Waals surface area contributed by atoms with Crippen molar-refractivity contribution >= 4 is 11.0 Å². The molecule has 3 heteroatoms. The van der Waals surface area contributed by atoms with Crippen LogP contribution in [0, 0.1) is 13.8 Å². The third kappa shape index (κ3) is 1.40. The quantitative estimate of drug-likeness (QED) is 0.757. The van der Waals surface area contributed by atoms with Gasteiger partial charge in [-0.05, 0) is 38.1 Å². The molecule has 0 aliphatic carbocycles. The second kappa shape index (κ2) is 3.42. The highest BCUT2D eigenvalue weighted by atomic mass is 15.0. The second-order valence-corrected chi connectivity index (χ2v) is 3.62. The van der Waals surface area contributed by atoms with E-state index in [1.54, 1.807) is 0 Å². The van der Waals surface area contributed by atoms with E-state index in [1.165, 1.54) is 11.1 Å². The molecule has 0 amide bonds. The van der Waals surface area contributed by atoms with Crippen molar-refractivity contribution in [1.29, 1.82) is 0 Å². The Labute approximate surface area is 83.6 Å². The van der Waals surface area contributed by atoms with Gasteiger partial charge in [-0.1, -0.05) is 6.07 Å². The molecular formula is C11H15N3. The van der Waals surface area contributed by atoms with Crippen molar-refractivity contribution in [3.8, 4) is 0 Å². The molecule has 0 unspecified atom stereocenters. The Morgan fingerprint density at radius 2 is 2.14 bits per heavy atom. The molecule has 0 fully saturated rings. The van der Waals surface area contributed by atoms with Crippen LogP contribution in [0.5, 0.6) is 0 Å². The Balaban J connectivity index is 2.59. The summed E-state index contributed by atoms with van der Waals surface area (Å²) >= 11 is 0. The van der Waals surface area contributed by atoms with Crippen LogP contribution in [-0.4, -0.2) is 17.0 Å². The molecule has 0 saturated carbocycles.